The molecule has 25 heavy (non-hydrogen) atoms. The summed E-state index contributed by atoms with van der Waals surface area (Å²) < 4.78 is 0. The maximum atomic E-state index is 13.4. The van der Waals surface area contributed by atoms with E-state index in [1.807, 2.05) is 14.1 Å². The van der Waals surface area contributed by atoms with Crippen molar-refractivity contribution in [2.75, 3.05) is 58.3 Å². The summed E-state index contributed by atoms with van der Waals surface area (Å²) in [6.07, 6.45) is 2.25. The van der Waals surface area contributed by atoms with Gasteiger partial charge in [-0.15, -0.1) is 0 Å². The topological polar surface area (TPSA) is 38.8 Å². The molecule has 2 heterocycles. The van der Waals surface area contributed by atoms with Gasteiger partial charge in [0.2, 0.25) is 5.91 Å². The van der Waals surface area contributed by atoms with Crippen LogP contribution < -0.4 is 10.2 Å². The first-order valence-electron chi connectivity index (χ1n) is 9.57. The molecule has 0 aliphatic carbocycles. The van der Waals surface area contributed by atoms with Gasteiger partial charge in [-0.1, -0.05) is 19.1 Å². The Kier molecular flexibility index (Phi) is 5.97. The molecule has 0 spiro atoms. The van der Waals surface area contributed by atoms with Crippen molar-refractivity contribution in [3.63, 3.8) is 0 Å². The van der Waals surface area contributed by atoms with Crippen molar-refractivity contribution in [1.29, 1.82) is 0 Å². The summed E-state index contributed by atoms with van der Waals surface area (Å²) in [6, 6.07) is 8.36. The van der Waals surface area contributed by atoms with E-state index in [0.29, 0.717) is 0 Å². The van der Waals surface area contributed by atoms with Crippen LogP contribution >= 0.6 is 0 Å². The Hall–Kier alpha value is -1.59. The van der Waals surface area contributed by atoms with Gasteiger partial charge >= 0.3 is 0 Å². The van der Waals surface area contributed by atoms with Crippen molar-refractivity contribution in [2.45, 2.75) is 25.8 Å². The van der Waals surface area contributed by atoms with Gasteiger partial charge in [0.25, 0.3) is 0 Å². The quantitative estimate of drug-likeness (QED) is 0.906. The third kappa shape index (κ3) is 4.33. The number of piperidine rings is 1. The molecule has 0 bridgehead atoms. The van der Waals surface area contributed by atoms with Gasteiger partial charge in [0.05, 0.1) is 0 Å². The van der Waals surface area contributed by atoms with Gasteiger partial charge < -0.3 is 15.1 Å². The van der Waals surface area contributed by atoms with Crippen LogP contribution in [0.3, 0.4) is 0 Å². The van der Waals surface area contributed by atoms with Crippen LogP contribution in [-0.4, -0.2) is 69.1 Å². The standard InChI is InChI=1S/C20H32N4O/c1-16-8-12-24(13-9-16)20(25)19(23-14-10-21-11-15-23)17-4-6-18(7-5-17)22(2)3/h4-7,16,19,21H,8-15H2,1-3H3. The molecule has 3 rings (SSSR count). The Morgan fingerprint density at radius 3 is 2.24 bits per heavy atom. The smallest absolute Gasteiger partial charge is 0.244 e. The number of hydrogen-bond acceptors (Lipinski definition) is 4. The van der Waals surface area contributed by atoms with Gasteiger partial charge in [0, 0.05) is 59.1 Å². The lowest BCUT2D eigenvalue weighted by atomic mass is 9.96. The Morgan fingerprint density at radius 2 is 1.68 bits per heavy atom. The number of likely N-dealkylation sites (tertiary alicyclic amines) is 1. The second-order valence-electron chi connectivity index (χ2n) is 7.68. The van der Waals surface area contributed by atoms with E-state index in [0.717, 1.165) is 63.6 Å². The maximum absolute atomic E-state index is 13.4. The van der Waals surface area contributed by atoms with Gasteiger partial charge in [-0.05, 0) is 36.5 Å². The number of anilines is 1. The Morgan fingerprint density at radius 1 is 1.08 bits per heavy atom. The third-order valence-electron chi connectivity index (χ3n) is 5.57. The Labute approximate surface area is 152 Å². The molecular weight excluding hydrogens is 312 g/mol. The zero-order chi connectivity index (χ0) is 17.8. The molecule has 2 aliphatic rings. The molecule has 5 nitrogen and oxygen atoms in total. The molecule has 0 aromatic heterocycles. The highest BCUT2D eigenvalue weighted by atomic mass is 16.2. The number of nitrogens with zero attached hydrogens (tertiary/aromatic N) is 3. The molecule has 1 amide bonds. The predicted octanol–water partition coefficient (Wildman–Crippen LogP) is 1.96. The fraction of sp³-hybridized carbons (Fsp3) is 0.650. The molecular formula is C20H32N4O. The Balaban J connectivity index is 1.82. The van der Waals surface area contributed by atoms with E-state index in [1.54, 1.807) is 0 Å². The number of piperazine rings is 1. The molecule has 1 aromatic carbocycles. The molecule has 0 saturated carbocycles. The van der Waals surface area contributed by atoms with Gasteiger partial charge in [-0.3, -0.25) is 9.69 Å². The van der Waals surface area contributed by atoms with Crippen LogP contribution in [0.15, 0.2) is 24.3 Å². The van der Waals surface area contributed by atoms with Crippen LogP contribution in [0.4, 0.5) is 5.69 Å². The van der Waals surface area contributed by atoms with Crippen LogP contribution in [0, 0.1) is 5.92 Å². The summed E-state index contributed by atoms with van der Waals surface area (Å²) in [5, 5.41) is 3.40. The number of amides is 1. The van der Waals surface area contributed by atoms with Gasteiger partial charge in [0.15, 0.2) is 0 Å². The van der Waals surface area contributed by atoms with Crippen molar-refractivity contribution in [1.82, 2.24) is 15.1 Å². The third-order valence-corrected chi connectivity index (χ3v) is 5.57. The van der Waals surface area contributed by atoms with E-state index in [2.05, 4.69) is 51.2 Å². The summed E-state index contributed by atoms with van der Waals surface area (Å²) in [6.45, 7) is 7.85. The van der Waals surface area contributed by atoms with Crippen molar-refractivity contribution in [2.24, 2.45) is 5.92 Å². The normalized spacial score (nSPS) is 21.2. The molecule has 1 unspecified atom stereocenters. The van der Waals surface area contributed by atoms with Crippen LogP contribution in [-0.2, 0) is 4.79 Å². The van der Waals surface area contributed by atoms with E-state index in [4.69, 9.17) is 0 Å². The Bertz CT molecular complexity index is 558. The lowest BCUT2D eigenvalue weighted by Gasteiger charge is -2.39. The van der Waals surface area contributed by atoms with E-state index >= 15 is 0 Å². The summed E-state index contributed by atoms with van der Waals surface area (Å²) in [7, 11) is 4.09. The monoisotopic (exact) mass is 344 g/mol. The van der Waals surface area contributed by atoms with Crippen molar-refractivity contribution < 1.29 is 4.79 Å². The average molecular weight is 345 g/mol. The highest BCUT2D eigenvalue weighted by Gasteiger charge is 2.33. The molecule has 1 atom stereocenters. The first-order valence-corrected chi connectivity index (χ1v) is 9.57. The van der Waals surface area contributed by atoms with Crippen molar-refractivity contribution in [3.8, 4) is 0 Å². The van der Waals surface area contributed by atoms with Crippen LogP contribution in [0.25, 0.3) is 0 Å². The number of rotatable bonds is 4. The molecule has 1 N–H and O–H groups in total. The largest absolute Gasteiger partial charge is 0.378 e. The lowest BCUT2D eigenvalue weighted by Crippen LogP contribution is -2.51. The average Bonchev–Trinajstić information content (AvgIpc) is 2.64. The summed E-state index contributed by atoms with van der Waals surface area (Å²) in [5.41, 5.74) is 2.29. The minimum absolute atomic E-state index is 0.147. The predicted molar refractivity (Wildman–Crippen MR) is 103 cm³/mol. The lowest BCUT2D eigenvalue weighted by molar-refractivity contribution is -0.139. The molecule has 2 aliphatic heterocycles. The first-order chi connectivity index (χ1) is 12.1. The zero-order valence-electron chi connectivity index (χ0n) is 15.9. The number of hydrogen-bond donors (Lipinski definition) is 1. The SMILES string of the molecule is CC1CCN(C(=O)C(c2ccc(N(C)C)cc2)N2CCNCC2)CC1. The molecule has 2 fully saturated rings. The second kappa shape index (κ2) is 8.19. The summed E-state index contributed by atoms with van der Waals surface area (Å²) in [4.78, 5) is 19.9. The highest BCUT2D eigenvalue weighted by molar-refractivity contribution is 5.83. The zero-order valence-corrected chi connectivity index (χ0v) is 15.9. The maximum Gasteiger partial charge on any atom is 0.244 e. The van der Waals surface area contributed by atoms with Crippen LogP contribution in [0.1, 0.15) is 31.4 Å². The van der Waals surface area contributed by atoms with Crippen LogP contribution in [0.2, 0.25) is 0 Å². The highest BCUT2D eigenvalue weighted by Crippen LogP contribution is 2.28. The molecule has 5 heteroatoms. The van der Waals surface area contributed by atoms with E-state index in [9.17, 15) is 4.79 Å². The van der Waals surface area contributed by atoms with Gasteiger partial charge in [-0.2, -0.15) is 0 Å². The van der Waals surface area contributed by atoms with Crippen molar-refractivity contribution >= 4 is 11.6 Å². The van der Waals surface area contributed by atoms with Gasteiger partial charge in [0.1, 0.15) is 6.04 Å². The molecule has 2 saturated heterocycles. The van der Waals surface area contributed by atoms with E-state index in [-0.39, 0.29) is 11.9 Å². The van der Waals surface area contributed by atoms with Gasteiger partial charge in [-0.25, -0.2) is 0 Å². The summed E-state index contributed by atoms with van der Waals surface area (Å²) >= 11 is 0. The second-order valence-corrected chi connectivity index (χ2v) is 7.68. The minimum atomic E-state index is -0.147. The van der Waals surface area contributed by atoms with E-state index in [1.165, 1.54) is 5.69 Å². The molecule has 0 radical (unpaired) electrons. The first kappa shape index (κ1) is 18.2. The summed E-state index contributed by atoms with van der Waals surface area (Å²) in [5.74, 6) is 1.02. The van der Waals surface area contributed by atoms with E-state index < -0.39 is 0 Å². The molecule has 138 valence electrons. The number of carbonyl (C=O) groups is 1. The number of nitrogens with one attached hydrogen (secondary N) is 1. The fourth-order valence-electron chi connectivity index (χ4n) is 3.81. The number of carbonyl (C=O) groups excluding carboxylic acids is 1. The van der Waals surface area contributed by atoms with Crippen molar-refractivity contribution in [3.05, 3.63) is 29.8 Å². The minimum Gasteiger partial charge on any atom is -0.378 e. The fourth-order valence-corrected chi connectivity index (χ4v) is 3.81. The number of benzene rings is 1. The molecule has 1 aromatic rings. The van der Waals surface area contributed by atoms with Crippen LogP contribution in [0.5, 0.6) is 0 Å².